The summed E-state index contributed by atoms with van der Waals surface area (Å²) in [6, 6.07) is 1.71. The lowest BCUT2D eigenvalue weighted by Crippen LogP contribution is -2.09. The van der Waals surface area contributed by atoms with E-state index in [2.05, 4.69) is 4.74 Å². The molecule has 88 valence electrons. The lowest BCUT2D eigenvalue weighted by atomic mass is 10.2. The summed E-state index contributed by atoms with van der Waals surface area (Å²) in [5.41, 5.74) is 2.09. The fourth-order valence-corrected chi connectivity index (χ4v) is 1.67. The van der Waals surface area contributed by atoms with Crippen LogP contribution in [-0.2, 0) is 16.1 Å². The van der Waals surface area contributed by atoms with Gasteiger partial charge in [0.25, 0.3) is 0 Å². The average Bonchev–Trinajstić information content (AvgIpc) is 2.51. The number of rotatable bonds is 4. The van der Waals surface area contributed by atoms with Crippen molar-refractivity contribution >= 4 is 11.9 Å². The van der Waals surface area contributed by atoms with Crippen LogP contribution in [0.4, 0.5) is 0 Å². The number of hydrogen-bond acceptors (Lipinski definition) is 3. The molecule has 0 fully saturated rings. The zero-order valence-electron chi connectivity index (χ0n) is 9.61. The molecular formula is C11H15NO4. The molecule has 5 nitrogen and oxygen atoms in total. The fraction of sp³-hybridized carbons (Fsp3) is 0.455. The number of carboxylic acids is 1. The van der Waals surface area contributed by atoms with E-state index in [1.165, 1.54) is 7.11 Å². The Balaban J connectivity index is 2.97. The maximum atomic E-state index is 11.4. The first-order valence-corrected chi connectivity index (χ1v) is 4.94. The normalized spacial score (nSPS) is 10.2. The zero-order valence-corrected chi connectivity index (χ0v) is 9.61. The van der Waals surface area contributed by atoms with Crippen LogP contribution < -0.4 is 0 Å². The molecule has 0 radical (unpaired) electrons. The number of carbonyl (C=O) groups excluding carboxylic acids is 1. The Morgan fingerprint density at radius 1 is 1.44 bits per heavy atom. The van der Waals surface area contributed by atoms with E-state index in [0.717, 1.165) is 11.4 Å². The van der Waals surface area contributed by atoms with Crippen LogP contribution in [-0.4, -0.2) is 28.7 Å². The highest BCUT2D eigenvalue weighted by atomic mass is 16.5. The molecule has 0 bridgehead atoms. The second-order valence-electron chi connectivity index (χ2n) is 3.57. The number of nitrogens with zero attached hydrogens (tertiary/aromatic N) is 1. The summed E-state index contributed by atoms with van der Waals surface area (Å²) in [4.78, 5) is 21.9. The van der Waals surface area contributed by atoms with Crippen molar-refractivity contribution in [3.8, 4) is 0 Å². The third kappa shape index (κ3) is 2.42. The highest BCUT2D eigenvalue weighted by Gasteiger charge is 2.16. The second-order valence-corrected chi connectivity index (χ2v) is 3.57. The molecule has 16 heavy (non-hydrogen) atoms. The van der Waals surface area contributed by atoms with Crippen molar-refractivity contribution in [3.63, 3.8) is 0 Å². The Morgan fingerprint density at radius 2 is 2.06 bits per heavy atom. The molecule has 1 aromatic heterocycles. The van der Waals surface area contributed by atoms with Crippen LogP contribution in [0.1, 0.15) is 28.2 Å². The number of esters is 1. The van der Waals surface area contributed by atoms with Gasteiger partial charge in [-0.25, -0.2) is 4.79 Å². The van der Waals surface area contributed by atoms with E-state index >= 15 is 0 Å². The van der Waals surface area contributed by atoms with E-state index in [4.69, 9.17) is 5.11 Å². The molecule has 0 aromatic carbocycles. The first-order chi connectivity index (χ1) is 7.47. The summed E-state index contributed by atoms with van der Waals surface area (Å²) in [5.74, 6) is -1.25. The van der Waals surface area contributed by atoms with Gasteiger partial charge in [-0.15, -0.1) is 0 Å². The van der Waals surface area contributed by atoms with Crippen LogP contribution in [0.5, 0.6) is 0 Å². The molecular weight excluding hydrogens is 210 g/mol. The fourth-order valence-electron chi connectivity index (χ4n) is 1.67. The maximum absolute atomic E-state index is 11.4. The molecule has 0 unspecified atom stereocenters. The lowest BCUT2D eigenvalue weighted by Gasteiger charge is -2.07. The Labute approximate surface area is 93.6 Å². The van der Waals surface area contributed by atoms with E-state index in [-0.39, 0.29) is 6.42 Å². The summed E-state index contributed by atoms with van der Waals surface area (Å²) < 4.78 is 6.45. The monoisotopic (exact) mass is 225 g/mol. The summed E-state index contributed by atoms with van der Waals surface area (Å²) in [5, 5.41) is 8.61. The number of aliphatic carboxylic acids is 1. The first-order valence-electron chi connectivity index (χ1n) is 4.94. The van der Waals surface area contributed by atoms with Gasteiger partial charge in [0.05, 0.1) is 19.1 Å². The summed E-state index contributed by atoms with van der Waals surface area (Å²) in [6.07, 6.45) is 0.0387. The molecule has 1 N–H and O–H groups in total. The summed E-state index contributed by atoms with van der Waals surface area (Å²) in [7, 11) is 1.33. The van der Waals surface area contributed by atoms with E-state index in [9.17, 15) is 9.59 Å². The van der Waals surface area contributed by atoms with Crippen LogP contribution in [0.3, 0.4) is 0 Å². The van der Waals surface area contributed by atoms with Crippen LogP contribution in [0, 0.1) is 13.8 Å². The quantitative estimate of drug-likeness (QED) is 0.786. The van der Waals surface area contributed by atoms with Gasteiger partial charge in [-0.05, 0) is 19.9 Å². The third-order valence-electron chi connectivity index (χ3n) is 2.53. The van der Waals surface area contributed by atoms with Crippen LogP contribution in [0.2, 0.25) is 0 Å². The number of aryl methyl sites for hydroxylation is 1. The van der Waals surface area contributed by atoms with Crippen molar-refractivity contribution in [2.45, 2.75) is 26.8 Å². The van der Waals surface area contributed by atoms with Gasteiger partial charge >= 0.3 is 11.9 Å². The summed E-state index contributed by atoms with van der Waals surface area (Å²) in [6.45, 7) is 3.98. The van der Waals surface area contributed by atoms with E-state index in [1.54, 1.807) is 17.6 Å². The van der Waals surface area contributed by atoms with Crippen molar-refractivity contribution in [1.29, 1.82) is 0 Å². The topological polar surface area (TPSA) is 68.5 Å². The molecule has 0 aliphatic heterocycles. The lowest BCUT2D eigenvalue weighted by molar-refractivity contribution is -0.137. The van der Waals surface area contributed by atoms with E-state index < -0.39 is 11.9 Å². The molecule has 0 saturated heterocycles. The molecule has 1 aromatic rings. The van der Waals surface area contributed by atoms with Gasteiger partial charge in [-0.1, -0.05) is 0 Å². The number of methoxy groups -OCH3 is 1. The number of carboxylic acid groups (broad SMARTS) is 1. The van der Waals surface area contributed by atoms with Crippen LogP contribution >= 0.6 is 0 Å². The highest BCUT2D eigenvalue weighted by Crippen LogP contribution is 2.16. The minimum absolute atomic E-state index is 0.0387. The van der Waals surface area contributed by atoms with Gasteiger partial charge in [0.2, 0.25) is 0 Å². The maximum Gasteiger partial charge on any atom is 0.339 e. The smallest absolute Gasteiger partial charge is 0.339 e. The number of aromatic nitrogens is 1. The minimum atomic E-state index is -0.855. The molecule has 0 atom stereocenters. The predicted octanol–water partition coefficient (Wildman–Crippen LogP) is 1.37. The van der Waals surface area contributed by atoms with Gasteiger partial charge in [-0.2, -0.15) is 0 Å². The molecule has 1 heterocycles. The van der Waals surface area contributed by atoms with E-state index in [0.29, 0.717) is 12.1 Å². The van der Waals surface area contributed by atoms with Gasteiger partial charge in [-0.3, -0.25) is 4.79 Å². The van der Waals surface area contributed by atoms with Crippen molar-refractivity contribution in [3.05, 3.63) is 23.0 Å². The highest BCUT2D eigenvalue weighted by molar-refractivity contribution is 5.91. The van der Waals surface area contributed by atoms with Crippen LogP contribution in [0.25, 0.3) is 0 Å². The van der Waals surface area contributed by atoms with Crippen molar-refractivity contribution in [1.82, 2.24) is 4.57 Å². The Hall–Kier alpha value is -1.78. The minimum Gasteiger partial charge on any atom is -0.481 e. The van der Waals surface area contributed by atoms with E-state index in [1.807, 2.05) is 6.92 Å². The molecule has 0 amide bonds. The molecule has 0 saturated carbocycles. The second kappa shape index (κ2) is 4.83. The van der Waals surface area contributed by atoms with Crippen molar-refractivity contribution in [2.24, 2.45) is 0 Å². The molecule has 1 rings (SSSR count). The number of ether oxygens (including phenoxy) is 1. The largest absolute Gasteiger partial charge is 0.481 e. The van der Waals surface area contributed by atoms with Gasteiger partial charge in [0, 0.05) is 17.9 Å². The third-order valence-corrected chi connectivity index (χ3v) is 2.53. The van der Waals surface area contributed by atoms with Gasteiger partial charge < -0.3 is 14.4 Å². The van der Waals surface area contributed by atoms with Gasteiger partial charge in [0.15, 0.2) is 0 Å². The van der Waals surface area contributed by atoms with Crippen LogP contribution in [0.15, 0.2) is 6.07 Å². The Morgan fingerprint density at radius 3 is 2.56 bits per heavy atom. The van der Waals surface area contributed by atoms with Crippen molar-refractivity contribution in [2.75, 3.05) is 7.11 Å². The standard InChI is InChI=1S/C11H15NO4/c1-7-6-9(11(15)16-3)8(2)12(7)5-4-10(13)14/h6H,4-5H2,1-3H3,(H,13,14). The SMILES string of the molecule is COC(=O)c1cc(C)n(CCC(=O)O)c1C. The van der Waals surface area contributed by atoms with Gasteiger partial charge in [0.1, 0.15) is 0 Å². The molecule has 0 spiro atoms. The average molecular weight is 225 g/mol. The predicted molar refractivity (Wildman–Crippen MR) is 57.5 cm³/mol. The Bertz CT molecular complexity index is 420. The summed E-state index contributed by atoms with van der Waals surface area (Å²) >= 11 is 0. The number of hydrogen-bond donors (Lipinski definition) is 1. The molecule has 0 aliphatic rings. The van der Waals surface area contributed by atoms with Crippen molar-refractivity contribution < 1.29 is 19.4 Å². The number of carbonyl (C=O) groups is 2. The Kier molecular flexibility index (Phi) is 3.71. The zero-order chi connectivity index (χ0) is 12.3. The molecule has 5 heteroatoms. The molecule has 0 aliphatic carbocycles. The first kappa shape index (κ1) is 12.3.